The van der Waals surface area contributed by atoms with Crippen LogP contribution in [0, 0.1) is 17.2 Å². The number of para-hydroxylation sites is 2. The van der Waals surface area contributed by atoms with Crippen molar-refractivity contribution in [2.24, 2.45) is 5.92 Å². The highest BCUT2D eigenvalue weighted by Gasteiger charge is 2.31. The van der Waals surface area contributed by atoms with Gasteiger partial charge in [-0.05, 0) is 37.3 Å². The van der Waals surface area contributed by atoms with E-state index in [0.29, 0.717) is 29.6 Å². The highest BCUT2D eigenvalue weighted by atomic mass is 16.5. The van der Waals surface area contributed by atoms with Crippen LogP contribution in [0.4, 0.5) is 5.82 Å². The predicted molar refractivity (Wildman–Crippen MR) is 104 cm³/mol. The van der Waals surface area contributed by atoms with E-state index in [1.165, 1.54) is 0 Å². The van der Waals surface area contributed by atoms with Crippen LogP contribution in [-0.2, 0) is 9.53 Å². The summed E-state index contributed by atoms with van der Waals surface area (Å²) in [5, 5.41) is 9.71. The molecule has 0 N–H and O–H groups in total. The van der Waals surface area contributed by atoms with E-state index >= 15 is 0 Å². The van der Waals surface area contributed by atoms with Crippen molar-refractivity contribution in [2.45, 2.75) is 45.4 Å². The third kappa shape index (κ3) is 4.36. The van der Waals surface area contributed by atoms with Gasteiger partial charge in [-0.15, -0.1) is 0 Å². The molecular formula is C21H26N4O2. The van der Waals surface area contributed by atoms with Gasteiger partial charge in [0.05, 0.1) is 23.7 Å². The first-order valence-electron chi connectivity index (χ1n) is 9.72. The molecule has 0 spiro atoms. The van der Waals surface area contributed by atoms with E-state index in [2.05, 4.69) is 22.9 Å². The molecular weight excluding hydrogens is 340 g/mol. The van der Waals surface area contributed by atoms with Crippen molar-refractivity contribution in [3.05, 3.63) is 30.0 Å². The largest absolute Gasteiger partial charge is 0.464 e. The van der Waals surface area contributed by atoms with E-state index in [0.717, 1.165) is 44.3 Å². The number of nitrogens with zero attached hydrogens (tertiary/aromatic N) is 4. The minimum absolute atomic E-state index is 0.324. The summed E-state index contributed by atoms with van der Waals surface area (Å²) in [6, 6.07) is 9.65. The van der Waals surface area contributed by atoms with Gasteiger partial charge >= 0.3 is 5.97 Å². The summed E-state index contributed by atoms with van der Waals surface area (Å²) < 4.78 is 5.31. The van der Waals surface area contributed by atoms with Crippen LogP contribution in [-0.4, -0.2) is 35.6 Å². The molecule has 1 aromatic heterocycles. The van der Waals surface area contributed by atoms with Gasteiger partial charge in [0.2, 0.25) is 0 Å². The molecule has 1 fully saturated rings. The highest BCUT2D eigenvalue weighted by molar-refractivity contribution is 5.85. The van der Waals surface area contributed by atoms with Gasteiger partial charge in [-0.1, -0.05) is 32.4 Å². The van der Waals surface area contributed by atoms with Crippen LogP contribution in [0.2, 0.25) is 0 Å². The lowest BCUT2D eigenvalue weighted by Crippen LogP contribution is -2.35. The number of benzene rings is 1. The van der Waals surface area contributed by atoms with Crippen molar-refractivity contribution in [2.75, 3.05) is 24.6 Å². The Morgan fingerprint density at radius 2 is 1.96 bits per heavy atom. The summed E-state index contributed by atoms with van der Waals surface area (Å²) in [7, 11) is 0. The third-order valence-electron chi connectivity index (χ3n) is 5.04. The van der Waals surface area contributed by atoms with E-state index in [1.54, 1.807) is 0 Å². The van der Waals surface area contributed by atoms with Crippen molar-refractivity contribution in [3.63, 3.8) is 0 Å². The van der Waals surface area contributed by atoms with Crippen LogP contribution < -0.4 is 4.90 Å². The van der Waals surface area contributed by atoms with Crippen molar-refractivity contribution in [1.82, 2.24) is 9.97 Å². The molecule has 2 aromatic rings. The number of fused-ring (bicyclic) bond motifs is 1. The summed E-state index contributed by atoms with van der Waals surface area (Å²) >= 11 is 0. The average molecular weight is 366 g/mol. The van der Waals surface area contributed by atoms with Crippen LogP contribution in [0.3, 0.4) is 0 Å². The number of nitriles is 1. The maximum Gasteiger partial charge on any atom is 0.329 e. The molecule has 6 heteroatoms. The Morgan fingerprint density at radius 3 is 2.59 bits per heavy atom. The summed E-state index contributed by atoms with van der Waals surface area (Å²) in [4.78, 5) is 24.1. The van der Waals surface area contributed by atoms with Crippen LogP contribution >= 0.6 is 0 Å². The summed E-state index contributed by atoms with van der Waals surface area (Å²) in [5.41, 5.74) is 1.86. The predicted octanol–water partition coefficient (Wildman–Crippen LogP) is 3.82. The first-order valence-corrected chi connectivity index (χ1v) is 9.72. The van der Waals surface area contributed by atoms with E-state index in [1.807, 2.05) is 31.2 Å². The number of rotatable bonds is 6. The molecule has 1 aliphatic heterocycles. The molecule has 1 atom stereocenters. The molecule has 1 aliphatic rings. The first kappa shape index (κ1) is 19.1. The monoisotopic (exact) mass is 366 g/mol. The lowest BCUT2D eigenvalue weighted by Gasteiger charge is -2.32. The second-order valence-corrected chi connectivity index (χ2v) is 7.17. The molecule has 2 heterocycles. The first-order chi connectivity index (χ1) is 13.1. The number of anilines is 1. The molecule has 1 aromatic carbocycles. The lowest BCUT2D eigenvalue weighted by molar-refractivity contribution is -0.144. The Kier molecular flexibility index (Phi) is 6.23. The SMILES string of the molecule is CCCCOC(=O)[C@H](C#N)c1nc2ccccc2nc1N1CCC(C)CC1. The molecule has 0 bridgehead atoms. The Balaban J connectivity index is 1.99. The molecule has 0 aliphatic carbocycles. The fourth-order valence-electron chi connectivity index (χ4n) is 3.28. The van der Waals surface area contributed by atoms with Gasteiger partial charge in [-0.2, -0.15) is 5.26 Å². The summed E-state index contributed by atoms with van der Waals surface area (Å²) in [6.45, 7) is 6.30. The number of hydrogen-bond donors (Lipinski definition) is 0. The number of esters is 1. The zero-order valence-electron chi connectivity index (χ0n) is 16.0. The molecule has 27 heavy (non-hydrogen) atoms. The van der Waals surface area contributed by atoms with E-state index in [9.17, 15) is 10.1 Å². The average Bonchev–Trinajstić information content (AvgIpc) is 2.69. The summed E-state index contributed by atoms with van der Waals surface area (Å²) in [5.74, 6) is -0.293. The van der Waals surface area contributed by atoms with Crippen LogP contribution in [0.15, 0.2) is 24.3 Å². The van der Waals surface area contributed by atoms with E-state index in [4.69, 9.17) is 9.72 Å². The van der Waals surface area contributed by atoms with Crippen molar-refractivity contribution < 1.29 is 9.53 Å². The second kappa shape index (κ2) is 8.81. The molecule has 0 amide bonds. The smallest absolute Gasteiger partial charge is 0.329 e. The van der Waals surface area contributed by atoms with Crippen molar-refractivity contribution in [3.8, 4) is 6.07 Å². The van der Waals surface area contributed by atoms with Gasteiger partial charge in [0.1, 0.15) is 5.69 Å². The minimum atomic E-state index is -1.06. The Labute approximate surface area is 160 Å². The van der Waals surface area contributed by atoms with Gasteiger partial charge in [-0.3, -0.25) is 4.79 Å². The number of carbonyl (C=O) groups is 1. The van der Waals surface area contributed by atoms with Crippen molar-refractivity contribution in [1.29, 1.82) is 5.26 Å². The topological polar surface area (TPSA) is 79.1 Å². The molecule has 0 unspecified atom stereocenters. The molecule has 0 radical (unpaired) electrons. The fourth-order valence-corrected chi connectivity index (χ4v) is 3.28. The van der Waals surface area contributed by atoms with Crippen LogP contribution in [0.25, 0.3) is 11.0 Å². The third-order valence-corrected chi connectivity index (χ3v) is 5.04. The maximum atomic E-state index is 12.5. The zero-order chi connectivity index (χ0) is 19.2. The van der Waals surface area contributed by atoms with Gasteiger partial charge in [-0.25, -0.2) is 9.97 Å². The van der Waals surface area contributed by atoms with Crippen LogP contribution in [0.5, 0.6) is 0 Å². The molecule has 142 valence electrons. The standard InChI is InChI=1S/C21H26N4O2/c1-3-4-13-27-21(26)16(14-22)19-20(25-11-9-15(2)10-12-25)24-18-8-6-5-7-17(18)23-19/h5-8,15-16H,3-4,9-13H2,1-2H3/t16-/m1/s1. The Hall–Kier alpha value is -2.68. The maximum absolute atomic E-state index is 12.5. The Bertz CT molecular complexity index is 838. The molecule has 6 nitrogen and oxygen atoms in total. The van der Waals surface area contributed by atoms with Gasteiger partial charge in [0.15, 0.2) is 11.7 Å². The van der Waals surface area contributed by atoms with E-state index < -0.39 is 11.9 Å². The van der Waals surface area contributed by atoms with Gasteiger partial charge in [0, 0.05) is 13.1 Å². The lowest BCUT2D eigenvalue weighted by atomic mass is 9.98. The number of unbranched alkanes of at least 4 members (excludes halogenated alkanes) is 1. The molecule has 0 saturated carbocycles. The zero-order valence-corrected chi connectivity index (χ0v) is 16.0. The molecule has 3 rings (SSSR count). The highest BCUT2D eigenvalue weighted by Crippen LogP contribution is 2.30. The number of carbonyl (C=O) groups excluding carboxylic acids is 1. The summed E-state index contributed by atoms with van der Waals surface area (Å²) in [6.07, 6.45) is 3.83. The minimum Gasteiger partial charge on any atom is -0.464 e. The Morgan fingerprint density at radius 1 is 1.30 bits per heavy atom. The molecule has 1 saturated heterocycles. The quantitative estimate of drug-likeness (QED) is 0.571. The van der Waals surface area contributed by atoms with Crippen molar-refractivity contribution >= 4 is 22.8 Å². The number of ether oxygens (including phenoxy) is 1. The number of piperidine rings is 1. The second-order valence-electron chi connectivity index (χ2n) is 7.17. The van der Waals surface area contributed by atoms with Crippen LogP contribution in [0.1, 0.15) is 51.1 Å². The number of hydrogen-bond acceptors (Lipinski definition) is 6. The van der Waals surface area contributed by atoms with Gasteiger partial charge in [0.25, 0.3) is 0 Å². The van der Waals surface area contributed by atoms with E-state index in [-0.39, 0.29) is 0 Å². The fraction of sp³-hybridized carbons (Fsp3) is 0.524. The van der Waals surface area contributed by atoms with Gasteiger partial charge < -0.3 is 9.64 Å². The number of aromatic nitrogens is 2. The normalized spacial score (nSPS) is 16.1.